The minimum atomic E-state index is -0.291. The molecule has 0 bridgehead atoms. The second-order valence-corrected chi connectivity index (χ2v) is 7.32. The predicted molar refractivity (Wildman–Crippen MR) is 115 cm³/mol. The molecule has 0 saturated carbocycles. The summed E-state index contributed by atoms with van der Waals surface area (Å²) in [4.78, 5) is 25.2. The van der Waals surface area contributed by atoms with Gasteiger partial charge >= 0.3 is 6.03 Å². The minimum Gasteiger partial charge on any atom is -0.392 e. The number of hydrogen-bond acceptors (Lipinski definition) is 6. The van der Waals surface area contributed by atoms with Crippen molar-refractivity contribution in [3.63, 3.8) is 0 Å². The molecule has 0 unspecified atom stereocenters. The number of rotatable bonds is 5. The third-order valence-electron chi connectivity index (χ3n) is 4.33. The maximum atomic E-state index is 11.9. The number of amides is 2. The van der Waals surface area contributed by atoms with Gasteiger partial charge in [-0.3, -0.25) is 15.3 Å². The maximum Gasteiger partial charge on any atom is 0.321 e. The van der Waals surface area contributed by atoms with Gasteiger partial charge in [-0.2, -0.15) is 0 Å². The molecule has 7 nitrogen and oxygen atoms in total. The molecule has 4 rings (SSSR count). The van der Waals surface area contributed by atoms with E-state index < -0.39 is 0 Å². The van der Waals surface area contributed by atoms with Gasteiger partial charge < -0.3 is 10.4 Å². The third kappa shape index (κ3) is 4.08. The highest BCUT2D eigenvalue weighted by Gasteiger charge is 2.15. The molecule has 3 heterocycles. The largest absolute Gasteiger partial charge is 0.392 e. The number of aliphatic hydroxyl groups is 1. The number of nitrogens with one attached hydrogen (secondary N) is 2. The Bertz CT molecular complexity index is 1160. The van der Waals surface area contributed by atoms with Crippen molar-refractivity contribution in [2.75, 3.05) is 11.9 Å². The molecular formula is C21H19N5O2S. The average Bonchev–Trinajstić information content (AvgIpc) is 3.16. The lowest BCUT2D eigenvalue weighted by Crippen LogP contribution is -2.28. The number of carbonyl (C=O) groups is 1. The Hall–Kier alpha value is -3.36. The molecule has 1 aromatic carbocycles. The SMILES string of the molecule is CCNC(=O)Nc1nc2cc(-c3cccnc3)cc(-c3cc(CO)ccn3)c2s1. The standard InChI is InChI=1S/C21H19N5O2S/c1-2-23-20(28)26-21-25-18-10-15(14-4-3-6-22-11-14)9-16(19(18)29-21)17-8-13(12-27)5-7-24-17/h3-11,27H,2,12H2,1H3,(H2,23,25,26,28). The van der Waals surface area contributed by atoms with E-state index in [1.807, 2.05) is 37.3 Å². The summed E-state index contributed by atoms with van der Waals surface area (Å²) in [5.41, 5.74) is 5.07. The molecule has 0 aliphatic heterocycles. The van der Waals surface area contributed by atoms with Crippen LogP contribution in [0.25, 0.3) is 32.6 Å². The topological polar surface area (TPSA) is 100 Å². The first-order valence-corrected chi connectivity index (χ1v) is 9.95. The third-order valence-corrected chi connectivity index (χ3v) is 5.35. The smallest absolute Gasteiger partial charge is 0.321 e. The average molecular weight is 405 g/mol. The van der Waals surface area contributed by atoms with Crippen LogP contribution in [0, 0.1) is 0 Å². The predicted octanol–water partition coefficient (Wildman–Crippen LogP) is 4.05. The van der Waals surface area contributed by atoms with Crippen LogP contribution in [0.5, 0.6) is 0 Å². The molecular weight excluding hydrogens is 386 g/mol. The van der Waals surface area contributed by atoms with E-state index in [4.69, 9.17) is 0 Å². The summed E-state index contributed by atoms with van der Waals surface area (Å²) in [6.45, 7) is 2.33. The maximum absolute atomic E-state index is 11.9. The molecule has 4 aromatic rings. The first kappa shape index (κ1) is 19.0. The fourth-order valence-electron chi connectivity index (χ4n) is 3.00. The molecule has 3 N–H and O–H groups in total. The fourth-order valence-corrected chi connectivity index (χ4v) is 3.96. The van der Waals surface area contributed by atoms with Gasteiger partial charge in [0.05, 0.1) is 22.5 Å². The Morgan fingerprint density at radius 3 is 2.83 bits per heavy atom. The lowest BCUT2D eigenvalue weighted by Gasteiger charge is -2.08. The van der Waals surface area contributed by atoms with Gasteiger partial charge in [0.1, 0.15) is 0 Å². The van der Waals surface area contributed by atoms with Crippen molar-refractivity contribution in [1.82, 2.24) is 20.3 Å². The van der Waals surface area contributed by atoms with Crippen LogP contribution in [0.1, 0.15) is 12.5 Å². The minimum absolute atomic E-state index is 0.0619. The van der Waals surface area contributed by atoms with Gasteiger partial charge in [-0.05, 0) is 48.4 Å². The van der Waals surface area contributed by atoms with E-state index in [9.17, 15) is 9.90 Å². The van der Waals surface area contributed by atoms with Gasteiger partial charge in [-0.25, -0.2) is 9.78 Å². The first-order chi connectivity index (χ1) is 14.2. The fraction of sp³-hybridized carbons (Fsp3) is 0.143. The van der Waals surface area contributed by atoms with Crippen molar-refractivity contribution in [3.05, 3.63) is 60.6 Å². The van der Waals surface area contributed by atoms with E-state index in [-0.39, 0.29) is 12.6 Å². The highest BCUT2D eigenvalue weighted by Crippen LogP contribution is 2.38. The molecule has 0 aliphatic rings. The molecule has 0 atom stereocenters. The summed E-state index contributed by atoms with van der Waals surface area (Å²) < 4.78 is 0.909. The summed E-state index contributed by atoms with van der Waals surface area (Å²) in [7, 11) is 0. The number of urea groups is 1. The van der Waals surface area contributed by atoms with Gasteiger partial charge in [-0.15, -0.1) is 0 Å². The van der Waals surface area contributed by atoms with E-state index in [0.717, 1.165) is 38.2 Å². The van der Waals surface area contributed by atoms with Crippen molar-refractivity contribution in [3.8, 4) is 22.4 Å². The number of carbonyl (C=O) groups excluding carboxylic acids is 1. The number of fused-ring (bicyclic) bond motifs is 1. The quantitative estimate of drug-likeness (QED) is 0.465. The zero-order valence-corrected chi connectivity index (χ0v) is 16.5. The Morgan fingerprint density at radius 1 is 1.17 bits per heavy atom. The van der Waals surface area contributed by atoms with Crippen LogP contribution in [0.15, 0.2) is 55.0 Å². The number of aliphatic hydroxyl groups excluding tert-OH is 1. The van der Waals surface area contributed by atoms with Crippen LogP contribution in [-0.4, -0.2) is 32.6 Å². The summed E-state index contributed by atoms with van der Waals surface area (Å²) in [6, 6.07) is 11.2. The summed E-state index contributed by atoms with van der Waals surface area (Å²) in [6.07, 6.45) is 5.20. The number of aromatic nitrogens is 3. The first-order valence-electron chi connectivity index (χ1n) is 9.14. The summed E-state index contributed by atoms with van der Waals surface area (Å²) in [5, 5.41) is 15.5. The van der Waals surface area contributed by atoms with Crippen LogP contribution >= 0.6 is 11.3 Å². The van der Waals surface area contributed by atoms with Crippen molar-refractivity contribution in [2.24, 2.45) is 0 Å². The molecule has 0 radical (unpaired) electrons. The number of thiazole rings is 1. The van der Waals surface area contributed by atoms with E-state index in [1.54, 1.807) is 24.7 Å². The van der Waals surface area contributed by atoms with E-state index in [0.29, 0.717) is 11.7 Å². The molecule has 0 aliphatic carbocycles. The number of anilines is 1. The molecule has 2 amide bonds. The number of pyridine rings is 2. The Kier molecular flexibility index (Phi) is 5.46. The monoisotopic (exact) mass is 405 g/mol. The van der Waals surface area contributed by atoms with Gasteiger partial charge in [0.25, 0.3) is 0 Å². The van der Waals surface area contributed by atoms with Crippen molar-refractivity contribution in [2.45, 2.75) is 13.5 Å². The lowest BCUT2D eigenvalue weighted by molar-refractivity contribution is 0.252. The molecule has 0 spiro atoms. The molecule has 29 heavy (non-hydrogen) atoms. The molecule has 3 aromatic heterocycles. The van der Waals surface area contributed by atoms with E-state index in [2.05, 4.69) is 25.6 Å². The van der Waals surface area contributed by atoms with Crippen molar-refractivity contribution in [1.29, 1.82) is 0 Å². The summed E-state index contributed by atoms with van der Waals surface area (Å²) >= 11 is 1.39. The van der Waals surface area contributed by atoms with Crippen molar-refractivity contribution < 1.29 is 9.90 Å². The Morgan fingerprint density at radius 2 is 2.07 bits per heavy atom. The van der Waals surface area contributed by atoms with Crippen LogP contribution < -0.4 is 10.6 Å². The van der Waals surface area contributed by atoms with Crippen LogP contribution in [0.4, 0.5) is 9.93 Å². The van der Waals surface area contributed by atoms with Crippen LogP contribution in [-0.2, 0) is 6.61 Å². The lowest BCUT2D eigenvalue weighted by atomic mass is 10.0. The van der Waals surface area contributed by atoms with Crippen LogP contribution in [0.3, 0.4) is 0 Å². The van der Waals surface area contributed by atoms with Gasteiger partial charge in [0, 0.05) is 36.3 Å². The van der Waals surface area contributed by atoms with E-state index in [1.165, 1.54) is 11.3 Å². The van der Waals surface area contributed by atoms with Gasteiger partial charge in [-0.1, -0.05) is 17.4 Å². The summed E-state index contributed by atoms with van der Waals surface area (Å²) in [5.74, 6) is 0. The van der Waals surface area contributed by atoms with Gasteiger partial charge in [0.15, 0.2) is 5.13 Å². The highest BCUT2D eigenvalue weighted by atomic mass is 32.1. The van der Waals surface area contributed by atoms with Crippen LogP contribution in [0.2, 0.25) is 0 Å². The Labute approximate surface area is 171 Å². The number of hydrogen-bond donors (Lipinski definition) is 3. The van der Waals surface area contributed by atoms with E-state index >= 15 is 0 Å². The number of benzene rings is 1. The number of nitrogens with zero attached hydrogens (tertiary/aromatic N) is 3. The zero-order valence-electron chi connectivity index (χ0n) is 15.7. The molecule has 8 heteroatoms. The zero-order chi connectivity index (χ0) is 20.2. The molecule has 146 valence electrons. The Balaban J connectivity index is 1.88. The van der Waals surface area contributed by atoms with Gasteiger partial charge in [0.2, 0.25) is 0 Å². The molecule has 0 fully saturated rings. The second kappa shape index (κ2) is 8.34. The second-order valence-electron chi connectivity index (χ2n) is 6.32. The van der Waals surface area contributed by atoms with Crippen molar-refractivity contribution >= 4 is 32.7 Å². The normalized spacial score (nSPS) is 10.8. The molecule has 0 saturated heterocycles. The highest BCUT2D eigenvalue weighted by molar-refractivity contribution is 7.22.